The maximum Gasteiger partial charge on any atom is 0.320 e. The van der Waals surface area contributed by atoms with Crippen molar-refractivity contribution in [3.63, 3.8) is 0 Å². The highest BCUT2D eigenvalue weighted by Crippen LogP contribution is 2.04. The molecule has 90 valence electrons. The molecule has 0 aromatic rings. The number of carboxylic acid groups (broad SMARTS) is 1. The van der Waals surface area contributed by atoms with Crippen LogP contribution >= 0.6 is 0 Å². The average molecular weight is 219 g/mol. The second-order valence-electron chi connectivity index (χ2n) is 4.07. The van der Waals surface area contributed by atoms with E-state index in [9.17, 15) is 9.90 Å². The van der Waals surface area contributed by atoms with E-state index in [1.807, 2.05) is 6.92 Å². The molecule has 4 N–H and O–H groups in total. The van der Waals surface area contributed by atoms with Crippen molar-refractivity contribution in [1.82, 2.24) is 5.32 Å². The fourth-order valence-corrected chi connectivity index (χ4v) is 1.12. The van der Waals surface area contributed by atoms with Gasteiger partial charge in [0.15, 0.2) is 0 Å². The number of rotatable bonds is 8. The lowest BCUT2D eigenvalue weighted by molar-refractivity contribution is -0.140. The van der Waals surface area contributed by atoms with E-state index >= 15 is 0 Å². The maximum atomic E-state index is 10.8. The number of hydrogen-bond donors (Lipinski definition) is 4. The van der Waals surface area contributed by atoms with Crippen molar-refractivity contribution in [2.45, 2.75) is 44.8 Å². The largest absolute Gasteiger partial charge is 0.480 e. The van der Waals surface area contributed by atoms with E-state index in [2.05, 4.69) is 5.32 Å². The van der Waals surface area contributed by atoms with Crippen molar-refractivity contribution in [1.29, 1.82) is 0 Å². The molecule has 0 aliphatic rings. The van der Waals surface area contributed by atoms with Gasteiger partial charge in [-0.15, -0.1) is 0 Å². The van der Waals surface area contributed by atoms with Gasteiger partial charge in [0.1, 0.15) is 6.04 Å². The van der Waals surface area contributed by atoms with Gasteiger partial charge < -0.3 is 20.6 Å². The van der Waals surface area contributed by atoms with Crippen LogP contribution in [0.25, 0.3) is 0 Å². The Bertz CT molecular complexity index is 194. The summed E-state index contributed by atoms with van der Waals surface area (Å²) in [6, 6.07) is -0.650. The molecular weight excluding hydrogens is 198 g/mol. The van der Waals surface area contributed by atoms with Crippen LogP contribution in [0.4, 0.5) is 0 Å². The Hall–Kier alpha value is -0.650. The number of carbonyl (C=O) groups is 1. The monoisotopic (exact) mass is 219 g/mol. The van der Waals surface area contributed by atoms with Gasteiger partial charge in [0.25, 0.3) is 0 Å². The summed E-state index contributed by atoms with van der Waals surface area (Å²) in [5, 5.41) is 29.9. The second kappa shape index (κ2) is 6.76. The van der Waals surface area contributed by atoms with Gasteiger partial charge in [-0.1, -0.05) is 19.8 Å². The Morgan fingerprint density at radius 3 is 2.53 bits per heavy atom. The molecule has 0 aliphatic carbocycles. The number of carboxylic acids is 1. The average Bonchev–Trinajstić information content (AvgIpc) is 2.17. The third kappa shape index (κ3) is 6.43. The second-order valence-corrected chi connectivity index (χ2v) is 4.07. The SMILES string of the molecule is CCCCC(NCC(C)(O)CO)C(=O)O. The molecule has 0 radical (unpaired) electrons. The zero-order chi connectivity index (χ0) is 11.9. The first-order valence-corrected chi connectivity index (χ1v) is 5.22. The lowest BCUT2D eigenvalue weighted by Crippen LogP contribution is -2.47. The minimum Gasteiger partial charge on any atom is -0.480 e. The molecule has 5 heteroatoms. The molecule has 0 aliphatic heterocycles. The van der Waals surface area contributed by atoms with Crippen LogP contribution < -0.4 is 5.32 Å². The first-order chi connectivity index (χ1) is 6.93. The number of aliphatic carboxylic acids is 1. The van der Waals surface area contributed by atoms with E-state index in [1.54, 1.807) is 0 Å². The Morgan fingerprint density at radius 2 is 2.13 bits per heavy atom. The van der Waals surface area contributed by atoms with Crippen molar-refractivity contribution < 1.29 is 20.1 Å². The molecule has 2 unspecified atom stereocenters. The quantitative estimate of drug-likeness (QED) is 0.460. The summed E-state index contributed by atoms with van der Waals surface area (Å²) in [7, 11) is 0. The number of aliphatic hydroxyl groups is 2. The zero-order valence-electron chi connectivity index (χ0n) is 9.36. The summed E-state index contributed by atoms with van der Waals surface area (Å²) in [6.45, 7) is 3.13. The molecule has 0 bridgehead atoms. The molecule has 5 nitrogen and oxygen atoms in total. The Morgan fingerprint density at radius 1 is 1.53 bits per heavy atom. The summed E-state index contributed by atoms with van der Waals surface area (Å²) >= 11 is 0. The molecular formula is C10H21NO4. The van der Waals surface area contributed by atoms with Gasteiger partial charge in [0.2, 0.25) is 0 Å². The molecule has 0 fully saturated rings. The van der Waals surface area contributed by atoms with Gasteiger partial charge in [-0.05, 0) is 13.3 Å². The summed E-state index contributed by atoms with van der Waals surface area (Å²) in [6.07, 6.45) is 2.29. The van der Waals surface area contributed by atoms with E-state index in [1.165, 1.54) is 6.92 Å². The van der Waals surface area contributed by atoms with E-state index in [0.717, 1.165) is 12.8 Å². The number of nitrogens with one attached hydrogen (secondary N) is 1. The molecule has 0 spiro atoms. The lowest BCUT2D eigenvalue weighted by atomic mass is 10.1. The number of aliphatic hydroxyl groups excluding tert-OH is 1. The van der Waals surface area contributed by atoms with E-state index in [-0.39, 0.29) is 13.2 Å². The Kier molecular flexibility index (Phi) is 6.47. The van der Waals surface area contributed by atoms with Crippen molar-refractivity contribution in [3.8, 4) is 0 Å². The van der Waals surface area contributed by atoms with Crippen LogP contribution in [-0.2, 0) is 4.79 Å². The van der Waals surface area contributed by atoms with Crippen molar-refractivity contribution in [3.05, 3.63) is 0 Å². The van der Waals surface area contributed by atoms with Crippen LogP contribution in [0.15, 0.2) is 0 Å². The van der Waals surface area contributed by atoms with Gasteiger partial charge in [0.05, 0.1) is 12.2 Å². The van der Waals surface area contributed by atoms with Crippen molar-refractivity contribution in [2.24, 2.45) is 0 Å². The maximum absolute atomic E-state index is 10.8. The fraction of sp³-hybridized carbons (Fsp3) is 0.900. The molecule has 0 amide bonds. The van der Waals surface area contributed by atoms with Crippen LogP contribution in [0, 0.1) is 0 Å². The molecule has 0 aromatic heterocycles. The molecule has 0 rings (SSSR count). The third-order valence-corrected chi connectivity index (χ3v) is 2.21. The van der Waals surface area contributed by atoms with E-state index < -0.39 is 17.6 Å². The summed E-state index contributed by atoms with van der Waals surface area (Å²) in [4.78, 5) is 10.8. The molecule has 0 heterocycles. The Balaban J connectivity index is 4.01. The predicted octanol–water partition coefficient (Wildman–Crippen LogP) is -0.0373. The molecule has 0 saturated carbocycles. The minimum atomic E-state index is -1.26. The normalized spacial score (nSPS) is 17.1. The van der Waals surface area contributed by atoms with Gasteiger partial charge >= 0.3 is 5.97 Å². The minimum absolute atomic E-state index is 0.0736. The first-order valence-electron chi connectivity index (χ1n) is 5.22. The van der Waals surface area contributed by atoms with Crippen LogP contribution in [0.5, 0.6) is 0 Å². The molecule has 15 heavy (non-hydrogen) atoms. The highest BCUT2D eigenvalue weighted by Gasteiger charge is 2.23. The summed E-state index contributed by atoms with van der Waals surface area (Å²) in [5.74, 6) is -0.919. The van der Waals surface area contributed by atoms with E-state index in [4.69, 9.17) is 10.2 Å². The molecule has 0 aromatic carbocycles. The number of unbranched alkanes of at least 4 members (excludes halogenated alkanes) is 1. The topological polar surface area (TPSA) is 89.8 Å². The molecule has 2 atom stereocenters. The third-order valence-electron chi connectivity index (χ3n) is 2.21. The van der Waals surface area contributed by atoms with Crippen LogP contribution in [0.3, 0.4) is 0 Å². The zero-order valence-corrected chi connectivity index (χ0v) is 9.36. The van der Waals surface area contributed by atoms with Crippen molar-refractivity contribution >= 4 is 5.97 Å². The van der Waals surface area contributed by atoms with Gasteiger partial charge in [-0.25, -0.2) is 0 Å². The van der Waals surface area contributed by atoms with Gasteiger partial charge in [0, 0.05) is 6.54 Å². The summed E-state index contributed by atoms with van der Waals surface area (Å²) < 4.78 is 0. The summed E-state index contributed by atoms with van der Waals surface area (Å²) in [5.41, 5.74) is -1.26. The van der Waals surface area contributed by atoms with Crippen LogP contribution in [0.2, 0.25) is 0 Å². The highest BCUT2D eigenvalue weighted by molar-refractivity contribution is 5.73. The fourth-order valence-electron chi connectivity index (χ4n) is 1.12. The Labute approximate surface area is 90.1 Å². The predicted molar refractivity (Wildman–Crippen MR) is 56.7 cm³/mol. The standard InChI is InChI=1S/C10H21NO4/c1-3-4-5-8(9(13)14)11-6-10(2,15)7-12/h8,11-12,15H,3-7H2,1-2H3,(H,13,14). The first kappa shape index (κ1) is 14.3. The van der Waals surface area contributed by atoms with Gasteiger partial charge in [-0.3, -0.25) is 4.79 Å². The molecule has 0 saturated heterocycles. The van der Waals surface area contributed by atoms with Crippen molar-refractivity contribution in [2.75, 3.05) is 13.2 Å². The van der Waals surface area contributed by atoms with Crippen LogP contribution in [0.1, 0.15) is 33.1 Å². The van der Waals surface area contributed by atoms with Crippen LogP contribution in [-0.4, -0.2) is 46.1 Å². The highest BCUT2D eigenvalue weighted by atomic mass is 16.4. The smallest absolute Gasteiger partial charge is 0.320 e. The van der Waals surface area contributed by atoms with E-state index in [0.29, 0.717) is 6.42 Å². The lowest BCUT2D eigenvalue weighted by Gasteiger charge is -2.23. The number of hydrogen-bond acceptors (Lipinski definition) is 4. The van der Waals surface area contributed by atoms with Gasteiger partial charge in [-0.2, -0.15) is 0 Å².